The minimum atomic E-state index is -0.432. The minimum Gasteiger partial charge on any atom is -0.476 e. The van der Waals surface area contributed by atoms with Crippen molar-refractivity contribution in [3.8, 4) is 5.88 Å². The van der Waals surface area contributed by atoms with Crippen LogP contribution >= 0.6 is 0 Å². The van der Waals surface area contributed by atoms with Gasteiger partial charge in [-0.05, 0) is 18.1 Å². The fourth-order valence-corrected chi connectivity index (χ4v) is 2.90. The lowest BCUT2D eigenvalue weighted by Gasteiger charge is -2.34. The van der Waals surface area contributed by atoms with Crippen molar-refractivity contribution in [3.05, 3.63) is 42.5 Å². The van der Waals surface area contributed by atoms with Crippen molar-refractivity contribution in [1.82, 2.24) is 14.9 Å². The fourth-order valence-electron chi connectivity index (χ4n) is 2.90. The highest BCUT2D eigenvalue weighted by atomic mass is 19.1. The molecule has 1 saturated heterocycles. The summed E-state index contributed by atoms with van der Waals surface area (Å²) in [6, 6.07) is 6.17. The van der Waals surface area contributed by atoms with Gasteiger partial charge in [0.15, 0.2) is 5.82 Å². The van der Waals surface area contributed by atoms with E-state index in [1.165, 1.54) is 6.07 Å². The molecule has 7 nitrogen and oxygen atoms in total. The van der Waals surface area contributed by atoms with Gasteiger partial charge in [0, 0.05) is 26.2 Å². The molecule has 0 aliphatic carbocycles. The zero-order valence-electron chi connectivity index (χ0n) is 16.3. The highest BCUT2D eigenvalue weighted by Gasteiger charge is 2.21. The Hall–Kier alpha value is -2.74. The standard InChI is InChI=1S/C20H26FN5O2/c1-15(2)14-28-20-12-22-11-18(24-20)26-9-7-25(8-10-26)13-19(27)23-17-6-4-3-5-16(17)21/h3-6,11-12,15H,7-10,13-14H2,1-2H3,(H,23,27). The molecule has 0 spiro atoms. The zero-order valence-corrected chi connectivity index (χ0v) is 16.3. The number of anilines is 2. The van der Waals surface area contributed by atoms with E-state index in [0.29, 0.717) is 31.5 Å². The third-order valence-electron chi connectivity index (χ3n) is 4.38. The second kappa shape index (κ2) is 9.45. The second-order valence-electron chi connectivity index (χ2n) is 7.21. The van der Waals surface area contributed by atoms with Crippen LogP contribution in [0.2, 0.25) is 0 Å². The summed E-state index contributed by atoms with van der Waals surface area (Å²) in [6.45, 7) is 7.88. The molecule has 0 saturated carbocycles. The number of halogens is 1. The number of carbonyl (C=O) groups excluding carboxylic acids is 1. The van der Waals surface area contributed by atoms with Crippen molar-refractivity contribution in [3.63, 3.8) is 0 Å². The Morgan fingerprint density at radius 3 is 2.68 bits per heavy atom. The lowest BCUT2D eigenvalue weighted by atomic mass is 10.2. The number of amides is 1. The maximum absolute atomic E-state index is 13.6. The molecule has 1 aromatic carbocycles. The monoisotopic (exact) mass is 387 g/mol. The smallest absolute Gasteiger partial charge is 0.238 e. The van der Waals surface area contributed by atoms with Crippen molar-refractivity contribution in [2.24, 2.45) is 5.92 Å². The molecule has 0 bridgehead atoms. The summed E-state index contributed by atoms with van der Waals surface area (Å²) in [6.07, 6.45) is 3.35. The van der Waals surface area contributed by atoms with Crippen molar-refractivity contribution in [1.29, 1.82) is 0 Å². The van der Waals surface area contributed by atoms with Gasteiger partial charge in [0.05, 0.1) is 31.2 Å². The molecule has 28 heavy (non-hydrogen) atoms. The SMILES string of the molecule is CC(C)COc1cncc(N2CCN(CC(=O)Nc3ccccc3F)CC2)n1. The highest BCUT2D eigenvalue weighted by Crippen LogP contribution is 2.17. The number of rotatable bonds is 7. The molecule has 0 unspecified atom stereocenters. The molecule has 8 heteroatoms. The van der Waals surface area contributed by atoms with Crippen LogP contribution < -0.4 is 15.0 Å². The minimum absolute atomic E-state index is 0.208. The largest absolute Gasteiger partial charge is 0.476 e. The van der Waals surface area contributed by atoms with Gasteiger partial charge < -0.3 is 15.0 Å². The quantitative estimate of drug-likeness (QED) is 0.787. The number of nitrogens with zero attached hydrogens (tertiary/aromatic N) is 4. The fraction of sp³-hybridized carbons (Fsp3) is 0.450. The van der Waals surface area contributed by atoms with E-state index >= 15 is 0 Å². The highest BCUT2D eigenvalue weighted by molar-refractivity contribution is 5.92. The van der Waals surface area contributed by atoms with Crippen molar-refractivity contribution >= 4 is 17.4 Å². The van der Waals surface area contributed by atoms with Gasteiger partial charge in [-0.1, -0.05) is 26.0 Å². The molecule has 1 aromatic heterocycles. The van der Waals surface area contributed by atoms with E-state index in [1.807, 2.05) is 4.90 Å². The molecule has 1 aliphatic rings. The first kappa shape index (κ1) is 20.0. The number of aromatic nitrogens is 2. The van der Waals surface area contributed by atoms with Gasteiger partial charge in [0.1, 0.15) is 5.82 Å². The Balaban J connectivity index is 1.48. The molecule has 1 aliphatic heterocycles. The van der Waals surface area contributed by atoms with Crippen LogP contribution in [0.5, 0.6) is 5.88 Å². The van der Waals surface area contributed by atoms with E-state index < -0.39 is 5.82 Å². The van der Waals surface area contributed by atoms with E-state index in [4.69, 9.17) is 4.74 Å². The number of para-hydroxylation sites is 1. The number of carbonyl (C=O) groups is 1. The van der Waals surface area contributed by atoms with Crippen LogP contribution in [0.1, 0.15) is 13.8 Å². The van der Waals surface area contributed by atoms with Gasteiger partial charge in [-0.2, -0.15) is 4.98 Å². The summed E-state index contributed by atoms with van der Waals surface area (Å²) in [5, 5.41) is 2.62. The molecular weight excluding hydrogens is 361 g/mol. The van der Waals surface area contributed by atoms with Crippen molar-refractivity contribution in [2.45, 2.75) is 13.8 Å². The molecule has 1 amide bonds. The maximum atomic E-state index is 13.6. The number of hydrogen-bond acceptors (Lipinski definition) is 6. The molecule has 0 radical (unpaired) electrons. The predicted octanol–water partition coefficient (Wildman–Crippen LogP) is 2.41. The van der Waals surface area contributed by atoms with Crippen LogP contribution in [-0.2, 0) is 4.79 Å². The summed E-state index contributed by atoms with van der Waals surface area (Å²) in [4.78, 5) is 25.1. The van der Waals surface area contributed by atoms with Crippen LogP contribution in [0.15, 0.2) is 36.7 Å². The average molecular weight is 387 g/mol. The Morgan fingerprint density at radius 2 is 1.96 bits per heavy atom. The van der Waals surface area contributed by atoms with E-state index in [2.05, 4.69) is 34.0 Å². The lowest BCUT2D eigenvalue weighted by Crippen LogP contribution is -2.49. The molecular formula is C20H26FN5O2. The van der Waals surface area contributed by atoms with Crippen LogP contribution in [0.3, 0.4) is 0 Å². The maximum Gasteiger partial charge on any atom is 0.238 e. The molecule has 3 rings (SSSR count). The number of benzene rings is 1. The van der Waals surface area contributed by atoms with Crippen LogP contribution in [0.25, 0.3) is 0 Å². The Kier molecular flexibility index (Phi) is 6.76. The Morgan fingerprint density at radius 1 is 1.21 bits per heavy atom. The zero-order chi connectivity index (χ0) is 19.9. The van der Waals surface area contributed by atoms with Gasteiger partial charge in [-0.25, -0.2) is 4.39 Å². The number of hydrogen-bond donors (Lipinski definition) is 1. The van der Waals surface area contributed by atoms with Gasteiger partial charge >= 0.3 is 0 Å². The summed E-state index contributed by atoms with van der Waals surface area (Å²) < 4.78 is 19.3. The van der Waals surface area contributed by atoms with Crippen LogP contribution in [-0.4, -0.2) is 60.1 Å². The number of nitrogens with one attached hydrogen (secondary N) is 1. The van der Waals surface area contributed by atoms with Gasteiger partial charge in [0.2, 0.25) is 11.8 Å². The topological polar surface area (TPSA) is 70.6 Å². The summed E-state index contributed by atoms with van der Waals surface area (Å²) in [5.41, 5.74) is 0.208. The van der Waals surface area contributed by atoms with E-state index in [1.54, 1.807) is 30.6 Å². The normalized spacial score (nSPS) is 14.9. The lowest BCUT2D eigenvalue weighted by molar-refractivity contribution is -0.117. The first-order chi connectivity index (χ1) is 13.5. The summed E-state index contributed by atoms with van der Waals surface area (Å²) >= 11 is 0. The summed E-state index contributed by atoms with van der Waals surface area (Å²) in [5.74, 6) is 1.07. The molecule has 150 valence electrons. The van der Waals surface area contributed by atoms with Crippen molar-refractivity contribution in [2.75, 3.05) is 49.5 Å². The molecule has 2 aromatic rings. The average Bonchev–Trinajstić information content (AvgIpc) is 2.69. The van der Waals surface area contributed by atoms with E-state index in [0.717, 1.165) is 18.9 Å². The van der Waals surface area contributed by atoms with Crippen LogP contribution in [0.4, 0.5) is 15.9 Å². The Labute approximate surface area is 164 Å². The molecule has 1 N–H and O–H groups in total. The molecule has 2 heterocycles. The van der Waals surface area contributed by atoms with Gasteiger partial charge in [0.25, 0.3) is 0 Å². The number of ether oxygens (including phenoxy) is 1. The third kappa shape index (κ3) is 5.63. The van der Waals surface area contributed by atoms with E-state index in [-0.39, 0.29) is 18.1 Å². The van der Waals surface area contributed by atoms with Gasteiger partial charge in [-0.15, -0.1) is 0 Å². The molecule has 0 atom stereocenters. The van der Waals surface area contributed by atoms with Crippen molar-refractivity contribution < 1.29 is 13.9 Å². The van der Waals surface area contributed by atoms with Crippen LogP contribution in [0, 0.1) is 11.7 Å². The Bertz CT molecular complexity index is 794. The predicted molar refractivity (Wildman–Crippen MR) is 106 cm³/mol. The number of piperazine rings is 1. The first-order valence-electron chi connectivity index (χ1n) is 9.48. The second-order valence-corrected chi connectivity index (χ2v) is 7.21. The first-order valence-corrected chi connectivity index (χ1v) is 9.48. The van der Waals surface area contributed by atoms with Gasteiger partial charge in [-0.3, -0.25) is 14.7 Å². The molecule has 1 fully saturated rings. The third-order valence-corrected chi connectivity index (χ3v) is 4.38. The summed E-state index contributed by atoms with van der Waals surface area (Å²) in [7, 11) is 0. The van der Waals surface area contributed by atoms with E-state index in [9.17, 15) is 9.18 Å².